The molecule has 5 heteroatoms. The molecule has 1 aromatic carbocycles. The Hall–Kier alpha value is -1.88. The molecule has 1 atom stereocenters. The van der Waals surface area contributed by atoms with Crippen molar-refractivity contribution in [2.24, 2.45) is 0 Å². The molecular formula is C16H20N2O2S. The van der Waals surface area contributed by atoms with Gasteiger partial charge >= 0.3 is 0 Å². The third-order valence-electron chi connectivity index (χ3n) is 3.41. The van der Waals surface area contributed by atoms with Gasteiger partial charge in [0, 0.05) is 19.0 Å². The fourth-order valence-electron chi connectivity index (χ4n) is 2.18. The van der Waals surface area contributed by atoms with Crippen LogP contribution in [0, 0.1) is 0 Å². The van der Waals surface area contributed by atoms with Gasteiger partial charge in [0.15, 0.2) is 9.84 Å². The molecule has 0 aliphatic carbocycles. The molecule has 1 aromatic heterocycles. The van der Waals surface area contributed by atoms with Gasteiger partial charge in [-0.2, -0.15) is 0 Å². The minimum Gasteiger partial charge on any atom is -0.369 e. The molecule has 2 rings (SSSR count). The SMILES string of the molecule is CC(CCNc1ncccc1S(C)(=O)=O)c1ccccc1. The lowest BCUT2D eigenvalue weighted by atomic mass is 9.98. The normalized spacial score (nSPS) is 12.9. The van der Waals surface area contributed by atoms with Gasteiger partial charge in [0.05, 0.1) is 0 Å². The number of rotatable bonds is 6. The van der Waals surface area contributed by atoms with Crippen LogP contribution in [0.5, 0.6) is 0 Å². The van der Waals surface area contributed by atoms with Crippen molar-refractivity contribution < 1.29 is 8.42 Å². The summed E-state index contributed by atoms with van der Waals surface area (Å²) in [6.07, 6.45) is 3.70. The molecule has 0 amide bonds. The van der Waals surface area contributed by atoms with Crippen molar-refractivity contribution in [1.82, 2.24) is 4.98 Å². The van der Waals surface area contributed by atoms with E-state index in [9.17, 15) is 8.42 Å². The maximum Gasteiger partial charge on any atom is 0.179 e. The molecule has 0 saturated heterocycles. The molecule has 1 unspecified atom stereocenters. The summed E-state index contributed by atoms with van der Waals surface area (Å²) in [6, 6.07) is 13.5. The van der Waals surface area contributed by atoms with E-state index >= 15 is 0 Å². The third-order valence-corrected chi connectivity index (χ3v) is 4.54. The first kappa shape index (κ1) is 15.5. The number of aromatic nitrogens is 1. The predicted molar refractivity (Wildman–Crippen MR) is 85.3 cm³/mol. The van der Waals surface area contributed by atoms with Crippen molar-refractivity contribution in [1.29, 1.82) is 0 Å². The van der Waals surface area contributed by atoms with Crippen molar-refractivity contribution >= 4 is 15.7 Å². The number of sulfone groups is 1. The van der Waals surface area contributed by atoms with E-state index in [0.717, 1.165) is 6.42 Å². The van der Waals surface area contributed by atoms with Gasteiger partial charge in [0.2, 0.25) is 0 Å². The summed E-state index contributed by atoms with van der Waals surface area (Å²) >= 11 is 0. The number of hydrogen-bond donors (Lipinski definition) is 1. The lowest BCUT2D eigenvalue weighted by Crippen LogP contribution is -2.11. The van der Waals surface area contributed by atoms with E-state index in [-0.39, 0.29) is 4.90 Å². The first-order valence-electron chi connectivity index (χ1n) is 6.92. The Morgan fingerprint density at radius 2 is 1.86 bits per heavy atom. The van der Waals surface area contributed by atoms with Gasteiger partial charge in [-0.15, -0.1) is 0 Å². The van der Waals surface area contributed by atoms with E-state index in [4.69, 9.17) is 0 Å². The van der Waals surface area contributed by atoms with Crippen molar-refractivity contribution in [3.63, 3.8) is 0 Å². The van der Waals surface area contributed by atoms with Crippen molar-refractivity contribution in [2.45, 2.75) is 24.2 Å². The van der Waals surface area contributed by atoms with Gasteiger partial charge in [-0.3, -0.25) is 0 Å². The fraction of sp³-hybridized carbons (Fsp3) is 0.312. The average molecular weight is 304 g/mol. The van der Waals surface area contributed by atoms with Crippen LogP contribution in [0.25, 0.3) is 0 Å². The highest BCUT2D eigenvalue weighted by Gasteiger charge is 2.13. The summed E-state index contributed by atoms with van der Waals surface area (Å²) in [5, 5.41) is 3.13. The molecule has 0 bridgehead atoms. The molecule has 4 nitrogen and oxygen atoms in total. The van der Waals surface area contributed by atoms with Gasteiger partial charge in [-0.1, -0.05) is 37.3 Å². The quantitative estimate of drug-likeness (QED) is 0.891. The molecule has 0 radical (unpaired) electrons. The van der Waals surface area contributed by atoms with Crippen LogP contribution in [0.1, 0.15) is 24.8 Å². The Morgan fingerprint density at radius 3 is 2.52 bits per heavy atom. The summed E-state index contributed by atoms with van der Waals surface area (Å²) < 4.78 is 23.4. The molecule has 0 spiro atoms. The van der Waals surface area contributed by atoms with Gasteiger partial charge in [-0.25, -0.2) is 13.4 Å². The topological polar surface area (TPSA) is 59.1 Å². The first-order chi connectivity index (χ1) is 9.98. The maximum atomic E-state index is 11.7. The van der Waals surface area contributed by atoms with Crippen LogP contribution in [0.4, 0.5) is 5.82 Å². The van der Waals surface area contributed by atoms with Gasteiger partial charge < -0.3 is 5.32 Å². The Morgan fingerprint density at radius 1 is 1.14 bits per heavy atom. The average Bonchev–Trinajstić information content (AvgIpc) is 2.47. The van der Waals surface area contributed by atoms with Crippen LogP contribution in [-0.4, -0.2) is 26.2 Å². The number of benzene rings is 1. The van der Waals surface area contributed by atoms with Crippen LogP contribution < -0.4 is 5.32 Å². The molecule has 112 valence electrons. The maximum absolute atomic E-state index is 11.7. The summed E-state index contributed by atoms with van der Waals surface area (Å²) in [6.45, 7) is 2.84. The highest BCUT2D eigenvalue weighted by molar-refractivity contribution is 7.90. The third kappa shape index (κ3) is 4.29. The number of hydrogen-bond acceptors (Lipinski definition) is 4. The smallest absolute Gasteiger partial charge is 0.179 e. The number of anilines is 1. The van der Waals surface area contributed by atoms with Crippen LogP contribution in [0.15, 0.2) is 53.6 Å². The summed E-state index contributed by atoms with van der Waals surface area (Å²) in [5.41, 5.74) is 1.28. The van der Waals surface area contributed by atoms with Crippen LogP contribution in [-0.2, 0) is 9.84 Å². The Kier molecular flexibility index (Phi) is 4.96. The monoisotopic (exact) mass is 304 g/mol. The standard InChI is InChI=1S/C16H20N2O2S/c1-13(14-7-4-3-5-8-14)10-12-18-16-15(21(2,19)20)9-6-11-17-16/h3-9,11,13H,10,12H2,1-2H3,(H,17,18). The van der Waals surface area contributed by atoms with E-state index in [1.807, 2.05) is 18.2 Å². The zero-order valence-electron chi connectivity index (χ0n) is 12.3. The second-order valence-electron chi connectivity index (χ2n) is 5.15. The summed E-state index contributed by atoms with van der Waals surface area (Å²) in [7, 11) is -3.26. The highest BCUT2D eigenvalue weighted by Crippen LogP contribution is 2.21. The minimum absolute atomic E-state index is 0.248. The number of nitrogens with one attached hydrogen (secondary N) is 1. The van der Waals surface area contributed by atoms with Crippen molar-refractivity contribution in [3.05, 3.63) is 54.2 Å². The van der Waals surface area contributed by atoms with Crippen molar-refractivity contribution in [2.75, 3.05) is 18.1 Å². The Bertz CT molecular complexity index is 684. The zero-order valence-corrected chi connectivity index (χ0v) is 13.1. The molecule has 1 N–H and O–H groups in total. The van der Waals surface area contributed by atoms with E-state index in [0.29, 0.717) is 18.3 Å². The largest absolute Gasteiger partial charge is 0.369 e. The summed E-state index contributed by atoms with van der Waals surface area (Å²) in [4.78, 5) is 4.37. The number of nitrogens with zero attached hydrogens (tertiary/aromatic N) is 1. The van der Waals surface area contributed by atoms with Gasteiger partial charge in [0.25, 0.3) is 0 Å². The minimum atomic E-state index is -3.26. The fourth-order valence-corrected chi connectivity index (χ4v) is 2.98. The molecule has 2 aromatic rings. The second kappa shape index (κ2) is 6.72. The van der Waals surface area contributed by atoms with E-state index in [1.165, 1.54) is 11.8 Å². The summed E-state index contributed by atoms with van der Waals surface area (Å²) in [5.74, 6) is 0.837. The first-order valence-corrected chi connectivity index (χ1v) is 8.81. The van der Waals surface area contributed by atoms with Crippen LogP contribution >= 0.6 is 0 Å². The molecule has 21 heavy (non-hydrogen) atoms. The van der Waals surface area contributed by atoms with Crippen molar-refractivity contribution in [3.8, 4) is 0 Å². The number of pyridine rings is 1. The molecular weight excluding hydrogens is 284 g/mol. The Labute approximate surface area is 126 Å². The molecule has 0 saturated carbocycles. The second-order valence-corrected chi connectivity index (χ2v) is 7.13. The van der Waals surface area contributed by atoms with Gasteiger partial charge in [-0.05, 0) is 30.0 Å². The van der Waals surface area contributed by atoms with Crippen LogP contribution in [0.2, 0.25) is 0 Å². The molecule has 1 heterocycles. The molecule has 0 aliphatic rings. The Balaban J connectivity index is 1.99. The molecule has 0 aliphatic heterocycles. The zero-order chi connectivity index (χ0) is 15.3. The highest BCUT2D eigenvalue weighted by atomic mass is 32.2. The van der Waals surface area contributed by atoms with Gasteiger partial charge in [0.1, 0.15) is 10.7 Å². The lowest BCUT2D eigenvalue weighted by molar-refractivity contribution is 0.601. The lowest BCUT2D eigenvalue weighted by Gasteiger charge is -2.14. The van der Waals surface area contributed by atoms with E-state index < -0.39 is 9.84 Å². The van der Waals surface area contributed by atoms with E-state index in [1.54, 1.807) is 18.3 Å². The predicted octanol–water partition coefficient (Wildman–Crippen LogP) is 3.09. The van der Waals surface area contributed by atoms with E-state index in [2.05, 4.69) is 29.4 Å². The van der Waals surface area contributed by atoms with Crippen LogP contribution in [0.3, 0.4) is 0 Å². The molecule has 0 fully saturated rings.